The summed E-state index contributed by atoms with van der Waals surface area (Å²) >= 11 is 10.7. The third-order valence-electron chi connectivity index (χ3n) is 7.16. The minimum atomic E-state index is 0.794. The van der Waals surface area contributed by atoms with Crippen LogP contribution in [0.25, 0.3) is 4.85 Å². The molecule has 0 aliphatic carbocycles. The van der Waals surface area contributed by atoms with E-state index in [1.54, 1.807) is 0 Å². The van der Waals surface area contributed by atoms with Gasteiger partial charge < -0.3 is 0 Å². The van der Waals surface area contributed by atoms with Gasteiger partial charge in [-0.25, -0.2) is 4.85 Å². The van der Waals surface area contributed by atoms with Crippen LogP contribution in [0.15, 0.2) is 87.8 Å². The number of halogens is 3. The molecule has 4 aromatic carbocycles. The van der Waals surface area contributed by atoms with E-state index in [4.69, 9.17) is 21.5 Å². The summed E-state index contributed by atoms with van der Waals surface area (Å²) in [5.41, 5.74) is 14.4. The maximum Gasteiger partial charge on any atom is 0.193 e. The first-order valence-electron chi connectivity index (χ1n) is 14.3. The molecule has 0 aliphatic rings. The zero-order valence-electron chi connectivity index (χ0n) is 27.5. The number of para-hydroxylation sites is 4. The molecule has 0 unspecified atom stereocenters. The van der Waals surface area contributed by atoms with Crippen LogP contribution in [0.2, 0.25) is 0 Å². The minimum absolute atomic E-state index is 0.794. The molecule has 0 atom stereocenters. The van der Waals surface area contributed by atoms with E-state index < -0.39 is 0 Å². The summed E-state index contributed by atoms with van der Waals surface area (Å²) in [4.78, 5) is 18.8. The molecular weight excluding hydrogens is 902 g/mol. The van der Waals surface area contributed by atoms with Gasteiger partial charge in [0.05, 0.1) is 6.57 Å². The first-order chi connectivity index (χ1) is 21.9. The van der Waals surface area contributed by atoms with Gasteiger partial charge in [0.2, 0.25) is 0 Å². The van der Waals surface area contributed by atoms with Crippen LogP contribution in [-0.4, -0.2) is 16.1 Å². The van der Waals surface area contributed by atoms with E-state index in [0.29, 0.717) is 0 Å². The molecule has 0 N–H and O–H groups in total. The van der Waals surface area contributed by atoms with Crippen molar-refractivity contribution < 1.29 is 22.6 Å². The van der Waals surface area contributed by atoms with E-state index in [1.807, 2.05) is 39.0 Å². The van der Waals surface area contributed by atoms with Gasteiger partial charge in [-0.1, -0.05) is 18.2 Å². The summed E-state index contributed by atoms with van der Waals surface area (Å²) < 4.78 is 0.871. The molecule has 4 aromatic rings. The van der Waals surface area contributed by atoms with Crippen LogP contribution in [0.3, 0.4) is 0 Å². The van der Waals surface area contributed by atoms with Crippen molar-refractivity contribution in [3.8, 4) is 0 Å². The van der Waals surface area contributed by atoms with Crippen molar-refractivity contribution in [2.45, 2.75) is 62.3 Å². The van der Waals surface area contributed by atoms with E-state index in [9.17, 15) is 0 Å². The van der Waals surface area contributed by atoms with Crippen LogP contribution in [0.5, 0.6) is 0 Å². The predicted octanol–water partition coefficient (Wildman–Crippen LogP) is 13.1. The number of hydrogen-bond acceptors (Lipinski definition) is 3. The average molecular weight is 941 g/mol. The maximum atomic E-state index is 6.85. The summed E-state index contributed by atoms with van der Waals surface area (Å²) in [5.74, 6) is 0. The molecule has 0 heterocycles. The van der Waals surface area contributed by atoms with Crippen LogP contribution >= 0.6 is 48.7 Å². The Kier molecular flexibility index (Phi) is 17.9. The fourth-order valence-electron chi connectivity index (χ4n) is 4.71. The Bertz CT molecular complexity index is 1710. The van der Waals surface area contributed by atoms with Crippen molar-refractivity contribution in [3.05, 3.63) is 129 Å². The van der Waals surface area contributed by atoms with Crippen LogP contribution in [0, 0.1) is 62.0 Å². The fourth-order valence-corrected chi connectivity index (χ4v) is 6.16. The first kappa shape index (κ1) is 40.3. The first-order valence-corrected chi connectivity index (χ1v) is 23.4. The topological polar surface area (TPSA) is 41.4 Å². The Balaban J connectivity index is 0.000000473. The van der Waals surface area contributed by atoms with Gasteiger partial charge in [-0.2, -0.15) is 0 Å². The van der Waals surface area contributed by atoms with Gasteiger partial charge in [-0.15, -0.1) is 0 Å². The summed E-state index contributed by atoms with van der Waals surface area (Å²) in [6.07, 6.45) is 0. The molecule has 0 saturated heterocycles. The monoisotopic (exact) mass is 938 g/mol. The molecule has 0 radical (unpaired) electrons. The van der Waals surface area contributed by atoms with Gasteiger partial charge >= 0.3 is 256 Å². The van der Waals surface area contributed by atoms with E-state index in [0.717, 1.165) is 94.7 Å². The Morgan fingerprint density at radius 1 is 0.609 bits per heavy atom. The second-order valence-electron chi connectivity index (χ2n) is 10.7. The number of nitrogens with zero attached hydrogens (tertiary/aromatic N) is 4. The smallest absolute Gasteiger partial charge is 0.193 e. The zero-order valence-corrected chi connectivity index (χ0v) is 34.9. The summed E-state index contributed by atoms with van der Waals surface area (Å²) in [7, 11) is 0. The second kappa shape index (κ2) is 20.4. The average Bonchev–Trinajstić information content (AvgIpc) is 3.00. The number of benzene rings is 4. The molecule has 246 valence electrons. The minimum Gasteiger partial charge on any atom is -0.238 e. The predicted molar refractivity (Wildman–Crippen MR) is 209 cm³/mol. The quantitative estimate of drug-likeness (QED) is 0.0800. The molecule has 0 saturated carbocycles. The van der Waals surface area contributed by atoms with Gasteiger partial charge in [0.25, 0.3) is 0 Å². The zero-order chi connectivity index (χ0) is 34.4. The molecular formula is C37H39Br2FeIN4Ni. The molecule has 0 fully saturated rings. The van der Waals surface area contributed by atoms with Crippen molar-refractivity contribution in [1.29, 1.82) is 0 Å². The molecule has 0 bridgehead atoms. The summed E-state index contributed by atoms with van der Waals surface area (Å²) in [5, 5.41) is 0. The summed E-state index contributed by atoms with van der Waals surface area (Å²) in [6, 6.07) is 24.7. The standard InChI is InChI=1S/C28H30N3.C9H9N.2BrH.Fe.HI.Ni/c1-18-11-8-12-19(2)26(18)29-17-25(31-28-22(5)15-10-16-23(28)6)24(7)30-27-20(3)13-9-14-21(27)4;1-7-5-4-6-8(2)9(7)10-3;;;;;/h8-16H,1-7H3;4-6H,1-2H3;2*1H;;1H;/q;;;;+2;;+1/p-3. The molecule has 0 aromatic heterocycles. The van der Waals surface area contributed by atoms with Crippen molar-refractivity contribution in [1.82, 2.24) is 0 Å². The Labute approximate surface area is 313 Å². The SMILES string of the molecule is CC(=Nc1c(C)cccc1C)C(=Nc1c(C)cccc1C)[C](=Nc1c(C)cccc1C)[Ni][I].[Br][Fe][Br].[C-]#[N+]c1c(C)cccc1C. The van der Waals surface area contributed by atoms with Crippen LogP contribution in [0.1, 0.15) is 51.4 Å². The van der Waals surface area contributed by atoms with E-state index in [-0.39, 0.29) is 0 Å². The number of aryl methyl sites for hydroxylation is 8. The van der Waals surface area contributed by atoms with E-state index in [1.165, 1.54) is 11.3 Å². The number of rotatable bonds is 6. The Hall–Kier alpha value is -1.92. The van der Waals surface area contributed by atoms with E-state index in [2.05, 4.69) is 150 Å². The van der Waals surface area contributed by atoms with Crippen molar-refractivity contribution in [2.24, 2.45) is 15.0 Å². The van der Waals surface area contributed by atoms with Crippen molar-refractivity contribution >= 4 is 87.6 Å². The third-order valence-corrected chi connectivity index (χ3v) is 9.01. The maximum absolute atomic E-state index is 6.85. The van der Waals surface area contributed by atoms with Crippen LogP contribution in [0.4, 0.5) is 22.7 Å². The fraction of sp³-hybridized carbons (Fsp3) is 0.243. The van der Waals surface area contributed by atoms with Gasteiger partial charge in [-0.05, 0) is 25.0 Å². The van der Waals surface area contributed by atoms with Crippen LogP contribution < -0.4 is 0 Å². The molecule has 9 heteroatoms. The Morgan fingerprint density at radius 3 is 1.22 bits per heavy atom. The summed E-state index contributed by atoms with van der Waals surface area (Å²) in [6.45, 7) is 25.4. The van der Waals surface area contributed by atoms with Gasteiger partial charge in [0.1, 0.15) is 0 Å². The van der Waals surface area contributed by atoms with Crippen molar-refractivity contribution in [2.75, 3.05) is 0 Å². The number of hydrogen-bond donors (Lipinski definition) is 0. The molecule has 0 aliphatic heterocycles. The van der Waals surface area contributed by atoms with Gasteiger partial charge in [0.15, 0.2) is 5.69 Å². The molecule has 4 rings (SSSR count). The molecule has 0 amide bonds. The molecule has 4 nitrogen and oxygen atoms in total. The number of aliphatic imine (C=N–C) groups is 3. The largest absolute Gasteiger partial charge is 0.238 e. The van der Waals surface area contributed by atoms with Crippen molar-refractivity contribution in [3.63, 3.8) is 0 Å². The second-order valence-corrected chi connectivity index (χ2v) is 18.3. The normalized spacial score (nSPS) is 11.8. The van der Waals surface area contributed by atoms with Crippen LogP contribution in [-0.2, 0) is 22.6 Å². The third kappa shape index (κ3) is 11.6. The molecule has 0 spiro atoms. The molecule has 46 heavy (non-hydrogen) atoms. The van der Waals surface area contributed by atoms with Gasteiger partial charge in [0, 0.05) is 0 Å². The Morgan fingerprint density at radius 2 is 0.913 bits per heavy atom. The van der Waals surface area contributed by atoms with E-state index >= 15 is 0 Å². The van der Waals surface area contributed by atoms with Gasteiger partial charge in [-0.3, -0.25) is 0 Å².